The minimum absolute atomic E-state index is 0.0177. The number of nitrogens with zero attached hydrogens (tertiary/aromatic N) is 2. The lowest BCUT2D eigenvalue weighted by atomic mass is 9.80. The van der Waals surface area contributed by atoms with Crippen LogP contribution >= 0.6 is 0 Å². The summed E-state index contributed by atoms with van der Waals surface area (Å²) >= 11 is 0. The number of hydroxylamine groups is 4. The molecule has 0 heterocycles. The van der Waals surface area contributed by atoms with Gasteiger partial charge in [-0.15, -0.1) is 0 Å². The summed E-state index contributed by atoms with van der Waals surface area (Å²) in [6.45, 7) is 17.1. The smallest absolute Gasteiger partial charge is 0.333 e. The zero-order chi connectivity index (χ0) is 25.4. The number of ether oxygens (including phenoxy) is 2. The first-order chi connectivity index (χ1) is 15.4. The van der Waals surface area contributed by atoms with E-state index in [-0.39, 0.29) is 37.8 Å². The highest BCUT2D eigenvalue weighted by atomic mass is 16.7. The topological polar surface area (TPSA) is 112 Å². The zero-order valence-corrected chi connectivity index (χ0v) is 20.5. The van der Waals surface area contributed by atoms with Crippen molar-refractivity contribution in [2.24, 2.45) is 11.3 Å². The van der Waals surface area contributed by atoms with Gasteiger partial charge in [-0.3, -0.25) is 19.3 Å². The molecule has 0 fully saturated rings. The summed E-state index contributed by atoms with van der Waals surface area (Å²) < 4.78 is 9.85. The van der Waals surface area contributed by atoms with Crippen molar-refractivity contribution in [1.29, 1.82) is 0 Å². The van der Waals surface area contributed by atoms with E-state index in [1.807, 2.05) is 6.92 Å². The fraction of sp³-hybridized carbons (Fsp3) is 0.652. The molecule has 0 aromatic rings. The molecule has 0 saturated heterocycles. The summed E-state index contributed by atoms with van der Waals surface area (Å²) in [6, 6.07) is 0. The molecule has 0 aromatic heterocycles. The average molecular weight is 471 g/mol. The van der Waals surface area contributed by atoms with Crippen LogP contribution in [0.15, 0.2) is 24.3 Å². The van der Waals surface area contributed by atoms with E-state index < -0.39 is 11.9 Å². The van der Waals surface area contributed by atoms with Crippen molar-refractivity contribution in [1.82, 2.24) is 10.1 Å². The Hall–Kier alpha value is -2.72. The van der Waals surface area contributed by atoms with Crippen molar-refractivity contribution in [3.05, 3.63) is 24.3 Å². The molecule has 0 aliphatic heterocycles. The van der Waals surface area contributed by atoms with E-state index in [9.17, 15) is 19.2 Å². The number of rotatable bonds is 19. The highest BCUT2D eigenvalue weighted by Gasteiger charge is 2.24. The Morgan fingerprint density at radius 1 is 0.879 bits per heavy atom. The summed E-state index contributed by atoms with van der Waals surface area (Å²) in [4.78, 5) is 55.9. The van der Waals surface area contributed by atoms with Crippen molar-refractivity contribution in [3.8, 4) is 0 Å². The van der Waals surface area contributed by atoms with Gasteiger partial charge < -0.3 is 9.47 Å². The van der Waals surface area contributed by atoms with Gasteiger partial charge in [-0.2, -0.15) is 0 Å². The minimum atomic E-state index is -0.507. The molecule has 10 heteroatoms. The van der Waals surface area contributed by atoms with Crippen molar-refractivity contribution in [2.45, 2.75) is 47.5 Å². The van der Waals surface area contributed by atoms with E-state index in [2.05, 4.69) is 27.0 Å². The lowest BCUT2D eigenvalue weighted by molar-refractivity contribution is -0.183. The Morgan fingerprint density at radius 3 is 1.76 bits per heavy atom. The van der Waals surface area contributed by atoms with Crippen molar-refractivity contribution in [3.63, 3.8) is 0 Å². The molecule has 0 N–H and O–H groups in total. The van der Waals surface area contributed by atoms with Crippen LogP contribution < -0.4 is 0 Å². The maximum Gasteiger partial charge on any atom is 0.333 e. The number of esters is 2. The number of carbonyl (C=O) groups is 4. The van der Waals surface area contributed by atoms with Gasteiger partial charge in [-0.25, -0.2) is 19.7 Å². The molecule has 0 aromatic carbocycles. The van der Waals surface area contributed by atoms with Crippen LogP contribution in [0.4, 0.5) is 0 Å². The van der Waals surface area contributed by atoms with Crippen LogP contribution in [-0.2, 0) is 38.3 Å². The largest absolute Gasteiger partial charge is 0.460 e. The Morgan fingerprint density at radius 2 is 1.33 bits per heavy atom. The zero-order valence-electron chi connectivity index (χ0n) is 20.5. The van der Waals surface area contributed by atoms with Crippen LogP contribution in [0.25, 0.3) is 0 Å². The summed E-state index contributed by atoms with van der Waals surface area (Å²) in [5.74, 6) is -0.907. The second-order valence-electron chi connectivity index (χ2n) is 8.67. The van der Waals surface area contributed by atoms with Crippen LogP contribution in [0.1, 0.15) is 47.5 Å². The molecule has 0 aliphatic carbocycles. The van der Waals surface area contributed by atoms with Gasteiger partial charge in [-0.1, -0.05) is 33.9 Å². The molecule has 0 saturated carbocycles. The highest BCUT2D eigenvalue weighted by molar-refractivity contribution is 5.87. The number of hydrogen-bond acceptors (Lipinski definition) is 8. The Balaban J connectivity index is 4.33. The normalized spacial score (nSPS) is 11.8. The van der Waals surface area contributed by atoms with Gasteiger partial charge in [0.05, 0.1) is 6.54 Å². The molecular weight excluding hydrogens is 432 g/mol. The number of hydrogen-bond donors (Lipinski definition) is 0. The third kappa shape index (κ3) is 14.9. The Kier molecular flexibility index (Phi) is 14.7. The third-order valence-electron chi connectivity index (χ3n) is 4.48. The molecule has 33 heavy (non-hydrogen) atoms. The van der Waals surface area contributed by atoms with Gasteiger partial charge in [0.2, 0.25) is 12.8 Å². The summed E-state index contributed by atoms with van der Waals surface area (Å²) in [5, 5.41) is 2.36. The highest BCUT2D eigenvalue weighted by Crippen LogP contribution is 2.29. The van der Waals surface area contributed by atoms with Crippen molar-refractivity contribution in [2.75, 3.05) is 39.5 Å². The lowest BCUT2D eigenvalue weighted by Gasteiger charge is -2.31. The molecule has 0 radical (unpaired) electrons. The number of carbonyl (C=O) groups excluding carboxylic acids is 4. The summed E-state index contributed by atoms with van der Waals surface area (Å²) in [5.41, 5.74) is 0.438. The SMILES string of the molecule is C=C(C)C(=O)OCCON(C=O)CCC(C)(C)CC(C)CN(C=O)OCCOC(=O)C(=C)C. The first kappa shape index (κ1) is 30.3. The second-order valence-corrected chi connectivity index (χ2v) is 8.67. The molecule has 1 atom stereocenters. The minimum Gasteiger partial charge on any atom is -0.460 e. The molecule has 0 bridgehead atoms. The maximum atomic E-state index is 11.3. The van der Waals surface area contributed by atoms with Crippen molar-refractivity contribution < 1.29 is 38.3 Å². The Labute approximate surface area is 196 Å². The van der Waals surface area contributed by atoms with Crippen LogP contribution in [0.3, 0.4) is 0 Å². The third-order valence-corrected chi connectivity index (χ3v) is 4.48. The van der Waals surface area contributed by atoms with Gasteiger partial charge in [0.1, 0.15) is 26.4 Å². The molecule has 0 spiro atoms. The predicted octanol–water partition coefficient (Wildman–Crippen LogP) is 2.45. The van der Waals surface area contributed by atoms with Crippen LogP contribution in [-0.4, -0.2) is 74.4 Å². The fourth-order valence-corrected chi connectivity index (χ4v) is 2.93. The molecule has 0 rings (SSSR count). The van der Waals surface area contributed by atoms with E-state index >= 15 is 0 Å². The van der Waals surface area contributed by atoms with E-state index in [0.717, 1.165) is 6.42 Å². The predicted molar refractivity (Wildman–Crippen MR) is 121 cm³/mol. The van der Waals surface area contributed by atoms with E-state index in [1.54, 1.807) is 13.8 Å². The van der Waals surface area contributed by atoms with E-state index in [0.29, 0.717) is 43.5 Å². The fourth-order valence-electron chi connectivity index (χ4n) is 2.93. The molecular formula is C23H38N2O8. The Bertz CT molecular complexity index is 677. The average Bonchev–Trinajstić information content (AvgIpc) is 2.74. The summed E-state index contributed by atoms with van der Waals surface area (Å²) in [6.07, 6.45) is 2.59. The van der Waals surface area contributed by atoms with Gasteiger partial charge in [0.25, 0.3) is 0 Å². The molecule has 0 aliphatic rings. The first-order valence-electron chi connectivity index (χ1n) is 10.8. The molecule has 188 valence electrons. The van der Waals surface area contributed by atoms with Gasteiger partial charge in [-0.05, 0) is 38.0 Å². The monoisotopic (exact) mass is 470 g/mol. The standard InChI is InChI=1S/C23H38N2O8/c1-18(2)21(28)30-10-12-32-24(16-26)9-8-23(6,7)14-20(5)15-25(17-27)33-13-11-31-22(29)19(3)4/h16-17,20H,1,3,8-15H2,2,4-7H3. The van der Waals surface area contributed by atoms with Crippen LogP contribution in [0.2, 0.25) is 0 Å². The molecule has 10 nitrogen and oxygen atoms in total. The van der Waals surface area contributed by atoms with Gasteiger partial charge in [0.15, 0.2) is 0 Å². The summed E-state index contributed by atoms with van der Waals surface area (Å²) in [7, 11) is 0. The lowest BCUT2D eigenvalue weighted by Crippen LogP contribution is -2.33. The van der Waals surface area contributed by atoms with Crippen molar-refractivity contribution >= 4 is 24.8 Å². The van der Waals surface area contributed by atoms with Crippen LogP contribution in [0.5, 0.6) is 0 Å². The van der Waals surface area contributed by atoms with Gasteiger partial charge in [0, 0.05) is 17.7 Å². The van der Waals surface area contributed by atoms with E-state index in [4.69, 9.17) is 19.1 Å². The molecule has 2 amide bonds. The maximum absolute atomic E-state index is 11.3. The molecule has 1 unspecified atom stereocenters. The number of amides is 2. The first-order valence-corrected chi connectivity index (χ1v) is 10.8. The second kappa shape index (κ2) is 16.0. The van der Waals surface area contributed by atoms with E-state index in [1.165, 1.54) is 10.1 Å². The van der Waals surface area contributed by atoms with Crippen LogP contribution in [0, 0.1) is 11.3 Å². The quantitative estimate of drug-likeness (QED) is 0.0930. The van der Waals surface area contributed by atoms with Gasteiger partial charge >= 0.3 is 11.9 Å².